The van der Waals surface area contributed by atoms with Crippen LogP contribution in [-0.2, 0) is 13.0 Å². The third kappa shape index (κ3) is 2.51. The van der Waals surface area contributed by atoms with Gasteiger partial charge in [-0.2, -0.15) is 16.4 Å². The summed E-state index contributed by atoms with van der Waals surface area (Å²) in [5, 5.41) is 18.5. The fourth-order valence-corrected chi connectivity index (χ4v) is 2.44. The summed E-state index contributed by atoms with van der Waals surface area (Å²) in [6.45, 7) is 2.97. The second-order valence-corrected chi connectivity index (χ2v) is 4.61. The first kappa shape index (κ1) is 11.4. The van der Waals surface area contributed by atoms with E-state index < -0.39 is 6.10 Å². The number of aliphatic hydroxyl groups excluding tert-OH is 1. The minimum atomic E-state index is -0.455. The second-order valence-electron chi connectivity index (χ2n) is 3.83. The maximum atomic E-state index is 10.1. The average Bonchev–Trinajstić information content (AvgIpc) is 2.89. The lowest BCUT2D eigenvalue weighted by Crippen LogP contribution is -2.10. The van der Waals surface area contributed by atoms with Crippen LogP contribution in [0.2, 0.25) is 0 Å². The summed E-state index contributed by atoms with van der Waals surface area (Å²) >= 11 is 1.66. The Balaban J connectivity index is 2.08. The van der Waals surface area contributed by atoms with Gasteiger partial charge in [0.15, 0.2) is 0 Å². The fourth-order valence-electron chi connectivity index (χ4n) is 1.76. The highest BCUT2D eigenvalue weighted by atomic mass is 32.1. The molecule has 0 fully saturated rings. The largest absolute Gasteiger partial charge is 0.386 e. The van der Waals surface area contributed by atoms with Gasteiger partial charge in [-0.25, -0.2) is 0 Å². The maximum Gasteiger partial charge on any atom is 0.0997 e. The summed E-state index contributed by atoms with van der Waals surface area (Å²) in [6.07, 6.45) is 2.99. The molecule has 0 bridgehead atoms. The van der Waals surface area contributed by atoms with Gasteiger partial charge in [0.2, 0.25) is 0 Å². The normalized spacial score (nSPS) is 12.9. The van der Waals surface area contributed by atoms with E-state index in [-0.39, 0.29) is 0 Å². The summed E-state index contributed by atoms with van der Waals surface area (Å²) in [7, 11) is 0. The zero-order valence-electron chi connectivity index (χ0n) is 9.34. The standard InChI is InChI=1S/C12H16N2OS/c1-2-6-14-11(3-5-13-14)12(15)8-10-4-7-16-9-10/h3-5,7,9,12,15H,2,6,8H2,1H3. The predicted octanol–water partition coefficient (Wildman–Crippen LogP) is 2.63. The Hall–Kier alpha value is -1.13. The molecule has 0 aliphatic rings. The molecule has 2 aromatic rings. The first-order valence-electron chi connectivity index (χ1n) is 5.52. The number of aliphatic hydroxyl groups is 1. The monoisotopic (exact) mass is 236 g/mol. The minimum Gasteiger partial charge on any atom is -0.386 e. The lowest BCUT2D eigenvalue weighted by atomic mass is 10.1. The van der Waals surface area contributed by atoms with Crippen LogP contribution >= 0.6 is 11.3 Å². The highest BCUT2D eigenvalue weighted by Gasteiger charge is 2.13. The maximum absolute atomic E-state index is 10.1. The molecule has 0 spiro atoms. The van der Waals surface area contributed by atoms with Crippen LogP contribution in [0, 0.1) is 0 Å². The van der Waals surface area contributed by atoms with E-state index in [0.29, 0.717) is 6.42 Å². The van der Waals surface area contributed by atoms with Gasteiger partial charge >= 0.3 is 0 Å². The number of hydrogen-bond donors (Lipinski definition) is 1. The molecule has 1 N–H and O–H groups in total. The minimum absolute atomic E-state index is 0.455. The lowest BCUT2D eigenvalue weighted by molar-refractivity contribution is 0.166. The molecule has 0 radical (unpaired) electrons. The number of aryl methyl sites for hydroxylation is 1. The molecule has 2 rings (SSSR count). The van der Waals surface area contributed by atoms with Crippen molar-refractivity contribution in [2.24, 2.45) is 0 Å². The van der Waals surface area contributed by atoms with Crippen molar-refractivity contribution < 1.29 is 5.11 Å². The van der Waals surface area contributed by atoms with Crippen LogP contribution in [0.4, 0.5) is 0 Å². The van der Waals surface area contributed by atoms with E-state index in [1.807, 2.05) is 16.1 Å². The highest BCUT2D eigenvalue weighted by Crippen LogP contribution is 2.19. The van der Waals surface area contributed by atoms with Crippen molar-refractivity contribution in [3.8, 4) is 0 Å². The van der Waals surface area contributed by atoms with Gasteiger partial charge in [-0.1, -0.05) is 6.92 Å². The zero-order chi connectivity index (χ0) is 11.4. The third-order valence-corrected chi connectivity index (χ3v) is 3.27. The highest BCUT2D eigenvalue weighted by molar-refractivity contribution is 7.07. The Morgan fingerprint density at radius 1 is 1.50 bits per heavy atom. The zero-order valence-corrected chi connectivity index (χ0v) is 10.2. The number of aromatic nitrogens is 2. The van der Waals surface area contributed by atoms with Gasteiger partial charge in [-0.05, 0) is 34.9 Å². The molecule has 2 heterocycles. The smallest absolute Gasteiger partial charge is 0.0997 e. The van der Waals surface area contributed by atoms with Gasteiger partial charge in [0.25, 0.3) is 0 Å². The molecule has 16 heavy (non-hydrogen) atoms. The van der Waals surface area contributed by atoms with Crippen molar-refractivity contribution in [3.63, 3.8) is 0 Å². The molecule has 0 aliphatic heterocycles. The average molecular weight is 236 g/mol. The molecule has 4 heteroatoms. The van der Waals surface area contributed by atoms with Crippen LogP contribution in [0.25, 0.3) is 0 Å². The van der Waals surface area contributed by atoms with Crippen LogP contribution in [-0.4, -0.2) is 14.9 Å². The molecular weight excluding hydrogens is 220 g/mol. The fraction of sp³-hybridized carbons (Fsp3) is 0.417. The van der Waals surface area contributed by atoms with Crippen molar-refractivity contribution >= 4 is 11.3 Å². The Morgan fingerprint density at radius 3 is 3.06 bits per heavy atom. The molecule has 3 nitrogen and oxygen atoms in total. The quantitative estimate of drug-likeness (QED) is 0.866. The van der Waals surface area contributed by atoms with Gasteiger partial charge in [0.05, 0.1) is 11.8 Å². The van der Waals surface area contributed by atoms with E-state index in [1.54, 1.807) is 17.5 Å². The Bertz CT molecular complexity index is 422. The summed E-state index contributed by atoms with van der Waals surface area (Å²) in [4.78, 5) is 0. The van der Waals surface area contributed by atoms with Crippen molar-refractivity contribution in [2.75, 3.05) is 0 Å². The Morgan fingerprint density at radius 2 is 2.38 bits per heavy atom. The van der Waals surface area contributed by atoms with E-state index in [1.165, 1.54) is 5.56 Å². The van der Waals surface area contributed by atoms with Gasteiger partial charge in [0, 0.05) is 19.2 Å². The molecule has 0 amide bonds. The van der Waals surface area contributed by atoms with Gasteiger partial charge in [0.1, 0.15) is 0 Å². The molecular formula is C12H16N2OS. The summed E-state index contributed by atoms with van der Waals surface area (Å²) in [5.74, 6) is 0. The SMILES string of the molecule is CCCn1nccc1C(O)Cc1ccsc1. The number of nitrogens with zero attached hydrogens (tertiary/aromatic N) is 2. The van der Waals surface area contributed by atoms with Crippen molar-refractivity contribution in [1.82, 2.24) is 9.78 Å². The topological polar surface area (TPSA) is 38.0 Å². The summed E-state index contributed by atoms with van der Waals surface area (Å²) < 4.78 is 1.89. The van der Waals surface area contributed by atoms with Gasteiger partial charge in [-0.15, -0.1) is 0 Å². The van der Waals surface area contributed by atoms with E-state index >= 15 is 0 Å². The van der Waals surface area contributed by atoms with E-state index in [2.05, 4.69) is 23.5 Å². The molecule has 0 saturated heterocycles. The molecule has 0 aliphatic carbocycles. The molecule has 86 valence electrons. The number of hydrogen-bond acceptors (Lipinski definition) is 3. The van der Waals surface area contributed by atoms with E-state index in [4.69, 9.17) is 0 Å². The predicted molar refractivity (Wildman–Crippen MR) is 65.5 cm³/mol. The van der Waals surface area contributed by atoms with Crippen molar-refractivity contribution in [2.45, 2.75) is 32.4 Å². The van der Waals surface area contributed by atoms with Crippen LogP contribution in [0.3, 0.4) is 0 Å². The number of rotatable bonds is 5. The van der Waals surface area contributed by atoms with E-state index in [9.17, 15) is 5.11 Å². The summed E-state index contributed by atoms with van der Waals surface area (Å²) in [6, 6.07) is 3.95. The van der Waals surface area contributed by atoms with Crippen molar-refractivity contribution in [1.29, 1.82) is 0 Å². The molecule has 1 unspecified atom stereocenters. The van der Waals surface area contributed by atoms with Crippen molar-refractivity contribution in [3.05, 3.63) is 40.3 Å². The summed E-state index contributed by atoms with van der Waals surface area (Å²) in [5.41, 5.74) is 2.09. The first-order valence-corrected chi connectivity index (χ1v) is 6.46. The molecule has 1 atom stereocenters. The second kappa shape index (κ2) is 5.27. The van der Waals surface area contributed by atoms with Crippen LogP contribution in [0.5, 0.6) is 0 Å². The van der Waals surface area contributed by atoms with Crippen LogP contribution < -0.4 is 0 Å². The third-order valence-electron chi connectivity index (χ3n) is 2.54. The molecule has 0 saturated carbocycles. The first-order chi connectivity index (χ1) is 7.81. The lowest BCUT2D eigenvalue weighted by Gasteiger charge is -2.12. The van der Waals surface area contributed by atoms with E-state index in [0.717, 1.165) is 18.7 Å². The van der Waals surface area contributed by atoms with Gasteiger partial charge < -0.3 is 5.11 Å². The molecule has 0 aromatic carbocycles. The Kier molecular flexibility index (Phi) is 3.74. The number of thiophene rings is 1. The van der Waals surface area contributed by atoms with Crippen LogP contribution in [0.1, 0.15) is 30.7 Å². The van der Waals surface area contributed by atoms with Gasteiger partial charge in [-0.3, -0.25) is 4.68 Å². The Labute approximate surface area is 99.4 Å². The molecule has 2 aromatic heterocycles. The van der Waals surface area contributed by atoms with Crippen LogP contribution in [0.15, 0.2) is 29.1 Å².